The number of allylic oxidation sites excluding steroid dienone is 1. The second-order valence-corrected chi connectivity index (χ2v) is 8.77. The quantitative estimate of drug-likeness (QED) is 0.790. The Morgan fingerprint density at radius 1 is 1.06 bits per heavy atom. The number of amides is 1. The molecule has 0 fully saturated rings. The van der Waals surface area contributed by atoms with Gasteiger partial charge in [0.2, 0.25) is 5.91 Å². The molecule has 33 heavy (non-hydrogen) atoms. The molecule has 2 aromatic rings. The van der Waals surface area contributed by atoms with Crippen LogP contribution in [0.4, 0.5) is 5.69 Å². The highest BCUT2D eigenvalue weighted by atomic mass is 16.2. The maximum atomic E-state index is 14.4. The van der Waals surface area contributed by atoms with Crippen LogP contribution < -0.4 is 10.6 Å². The first kappa shape index (κ1) is 21.0. The van der Waals surface area contributed by atoms with Gasteiger partial charge in [-0.05, 0) is 24.5 Å². The first-order valence-corrected chi connectivity index (χ1v) is 11.0. The van der Waals surface area contributed by atoms with Crippen LogP contribution in [0.3, 0.4) is 0 Å². The Balaban J connectivity index is 1.82. The summed E-state index contributed by atoms with van der Waals surface area (Å²) in [7, 11) is 3.63. The van der Waals surface area contributed by atoms with E-state index in [1.54, 1.807) is 14.9 Å². The summed E-state index contributed by atoms with van der Waals surface area (Å²) in [5.74, 6) is -0.207. The number of rotatable bonds is 3. The van der Waals surface area contributed by atoms with Gasteiger partial charge in [-0.1, -0.05) is 48.5 Å². The predicted molar refractivity (Wildman–Crippen MR) is 124 cm³/mol. The highest BCUT2D eigenvalue weighted by Gasteiger charge is 2.62. The van der Waals surface area contributed by atoms with E-state index in [-0.39, 0.29) is 23.1 Å². The monoisotopic (exact) mass is 439 g/mol. The minimum atomic E-state index is -1.52. The van der Waals surface area contributed by atoms with Crippen LogP contribution >= 0.6 is 0 Å². The third-order valence-corrected chi connectivity index (χ3v) is 6.73. The predicted octanol–water partition coefficient (Wildman–Crippen LogP) is 2.96. The maximum absolute atomic E-state index is 14.4. The van der Waals surface area contributed by atoms with E-state index in [9.17, 15) is 14.9 Å². The molecule has 3 aliphatic rings. The lowest BCUT2D eigenvalue weighted by Gasteiger charge is -2.45. The summed E-state index contributed by atoms with van der Waals surface area (Å²) < 4.78 is 0. The lowest BCUT2D eigenvalue weighted by molar-refractivity contribution is -0.124. The summed E-state index contributed by atoms with van der Waals surface area (Å²) in [6, 6.07) is 19.4. The molecule has 0 saturated heterocycles. The largest absolute Gasteiger partial charge is 0.383 e. The molecule has 2 aromatic carbocycles. The number of carbonyl (C=O) groups is 2. The van der Waals surface area contributed by atoms with E-state index in [1.165, 1.54) is 0 Å². The van der Waals surface area contributed by atoms with Crippen LogP contribution in [0.15, 0.2) is 77.3 Å². The van der Waals surface area contributed by atoms with E-state index in [1.807, 2.05) is 68.7 Å². The van der Waals surface area contributed by atoms with Crippen molar-refractivity contribution in [2.75, 3.05) is 19.0 Å². The zero-order valence-electron chi connectivity index (χ0n) is 18.7. The number of anilines is 1. The van der Waals surface area contributed by atoms with Gasteiger partial charge in [-0.25, -0.2) is 5.01 Å². The lowest BCUT2D eigenvalue weighted by atomic mass is 9.64. The number of para-hydroxylation sites is 1. The van der Waals surface area contributed by atoms with Crippen molar-refractivity contribution in [2.45, 2.75) is 31.2 Å². The number of hydrazine groups is 1. The number of hydrogen-bond donors (Lipinski definition) is 1. The summed E-state index contributed by atoms with van der Waals surface area (Å²) in [5, 5.41) is 13.8. The third kappa shape index (κ3) is 2.77. The first-order valence-electron chi connectivity index (χ1n) is 11.0. The van der Waals surface area contributed by atoms with E-state index in [2.05, 4.69) is 6.07 Å². The van der Waals surface area contributed by atoms with Gasteiger partial charge in [-0.15, -0.1) is 0 Å². The van der Waals surface area contributed by atoms with Crippen molar-refractivity contribution in [3.63, 3.8) is 0 Å². The minimum absolute atomic E-state index is 0.104. The summed E-state index contributed by atoms with van der Waals surface area (Å²) in [6.07, 6.45) is 1.62. The van der Waals surface area contributed by atoms with Gasteiger partial charge in [-0.2, -0.15) is 5.26 Å². The van der Waals surface area contributed by atoms with Crippen molar-refractivity contribution < 1.29 is 9.59 Å². The molecule has 5 rings (SSSR count). The molecule has 1 aliphatic carbocycles. The van der Waals surface area contributed by atoms with Crippen LogP contribution in [0.1, 0.15) is 30.4 Å². The van der Waals surface area contributed by atoms with Crippen LogP contribution in [0.5, 0.6) is 0 Å². The molecular formula is C26H25N5O2. The molecule has 7 nitrogen and oxygen atoms in total. The Hall–Kier alpha value is -3.89. The van der Waals surface area contributed by atoms with Gasteiger partial charge in [0.15, 0.2) is 5.78 Å². The van der Waals surface area contributed by atoms with E-state index in [0.717, 1.165) is 5.56 Å². The molecule has 2 N–H and O–H groups in total. The lowest BCUT2D eigenvalue weighted by Crippen LogP contribution is -2.54. The number of nitrogens with two attached hydrogens (primary N) is 1. The summed E-state index contributed by atoms with van der Waals surface area (Å²) in [4.78, 5) is 29.6. The third-order valence-electron chi connectivity index (χ3n) is 6.73. The van der Waals surface area contributed by atoms with Crippen molar-refractivity contribution in [3.8, 4) is 6.07 Å². The molecule has 0 radical (unpaired) electrons. The van der Waals surface area contributed by atoms with Gasteiger partial charge in [-0.3, -0.25) is 14.6 Å². The molecule has 1 spiro atoms. The number of hydrogen-bond acceptors (Lipinski definition) is 6. The highest BCUT2D eigenvalue weighted by Crippen LogP contribution is 2.56. The number of carbonyl (C=O) groups excluding carboxylic acids is 2. The van der Waals surface area contributed by atoms with Crippen LogP contribution in [-0.2, 0) is 21.5 Å². The average Bonchev–Trinajstić information content (AvgIpc) is 3.03. The second-order valence-electron chi connectivity index (χ2n) is 8.77. The number of nitrogens with zero attached hydrogens (tertiary/aromatic N) is 4. The minimum Gasteiger partial charge on any atom is -0.383 e. The molecule has 2 aliphatic heterocycles. The molecule has 2 heterocycles. The average molecular weight is 440 g/mol. The zero-order valence-corrected chi connectivity index (χ0v) is 18.7. The molecule has 1 atom stereocenters. The van der Waals surface area contributed by atoms with Gasteiger partial charge < -0.3 is 10.6 Å². The van der Waals surface area contributed by atoms with Gasteiger partial charge in [0.1, 0.15) is 17.3 Å². The fourth-order valence-electron chi connectivity index (χ4n) is 5.49. The van der Waals surface area contributed by atoms with Crippen molar-refractivity contribution in [2.24, 2.45) is 5.73 Å². The van der Waals surface area contributed by atoms with E-state index < -0.39 is 5.41 Å². The molecular weight excluding hydrogens is 414 g/mol. The van der Waals surface area contributed by atoms with E-state index >= 15 is 0 Å². The maximum Gasteiger partial charge on any atom is 0.248 e. The SMILES string of the molecule is CN(C)N1C(N)=C(C#N)[C@@]2(C(=O)N(Cc3ccccc3)c3ccccc32)C2=C1CCCC2=O. The number of nitriles is 1. The molecule has 0 aromatic heterocycles. The molecule has 0 saturated carbocycles. The summed E-state index contributed by atoms with van der Waals surface area (Å²) >= 11 is 0. The molecule has 7 heteroatoms. The van der Waals surface area contributed by atoms with Crippen LogP contribution in [-0.4, -0.2) is 35.8 Å². The van der Waals surface area contributed by atoms with Gasteiger partial charge in [0.05, 0.1) is 12.1 Å². The van der Waals surface area contributed by atoms with Crippen LogP contribution in [0, 0.1) is 11.3 Å². The molecule has 0 bridgehead atoms. The summed E-state index contributed by atoms with van der Waals surface area (Å²) in [6.45, 7) is 0.339. The van der Waals surface area contributed by atoms with Gasteiger partial charge in [0, 0.05) is 43.0 Å². The van der Waals surface area contributed by atoms with Gasteiger partial charge in [0.25, 0.3) is 0 Å². The van der Waals surface area contributed by atoms with Crippen molar-refractivity contribution in [3.05, 3.63) is 88.4 Å². The first-order chi connectivity index (χ1) is 15.9. The normalized spacial score (nSPS) is 22.2. The topological polar surface area (TPSA) is 93.7 Å². The van der Waals surface area contributed by atoms with Crippen LogP contribution in [0.25, 0.3) is 0 Å². The zero-order chi connectivity index (χ0) is 23.3. The Morgan fingerprint density at radius 2 is 1.76 bits per heavy atom. The number of Topliss-reactive ketones (excluding diaryl/α,β-unsaturated/α-hetero) is 1. The molecule has 0 unspecified atom stereocenters. The summed E-state index contributed by atoms with van der Waals surface area (Å²) in [5.41, 5.74) is 8.58. The smallest absolute Gasteiger partial charge is 0.248 e. The Bertz CT molecular complexity index is 1270. The molecule has 1 amide bonds. The fraction of sp³-hybridized carbons (Fsp3) is 0.269. The van der Waals surface area contributed by atoms with Crippen molar-refractivity contribution in [1.29, 1.82) is 5.26 Å². The van der Waals surface area contributed by atoms with E-state index in [4.69, 9.17) is 5.73 Å². The van der Waals surface area contributed by atoms with Crippen molar-refractivity contribution >= 4 is 17.4 Å². The standard InChI is InChI=1S/C26H25N5O2/c1-29(2)31-21-13-8-14-22(32)23(21)26(19(15-27)24(31)28)18-11-6-7-12-20(18)30(25(26)33)16-17-9-4-3-5-10-17/h3-7,9-12H,8,13-14,16,28H2,1-2H3/t26-/m1/s1. The van der Waals surface area contributed by atoms with Crippen LogP contribution in [0.2, 0.25) is 0 Å². The number of ketones is 1. The highest BCUT2D eigenvalue weighted by molar-refractivity contribution is 6.20. The van der Waals surface area contributed by atoms with Crippen molar-refractivity contribution in [1.82, 2.24) is 10.0 Å². The number of fused-ring (bicyclic) bond motifs is 3. The van der Waals surface area contributed by atoms with E-state index in [0.29, 0.717) is 48.3 Å². The fourth-order valence-corrected chi connectivity index (χ4v) is 5.49. The Kier molecular flexibility index (Phi) is 4.84. The van der Waals surface area contributed by atoms with Gasteiger partial charge >= 0.3 is 0 Å². The second kappa shape index (κ2) is 7.61. The Labute approximate surface area is 193 Å². The molecule has 166 valence electrons. The Morgan fingerprint density at radius 3 is 2.45 bits per heavy atom. The number of benzene rings is 2.